The van der Waals surface area contributed by atoms with Crippen LogP contribution in [-0.4, -0.2) is 37.3 Å². The van der Waals surface area contributed by atoms with Crippen molar-refractivity contribution in [1.29, 1.82) is 5.41 Å². The number of aliphatic imine (C=N–C) groups is 1. The van der Waals surface area contributed by atoms with Crippen molar-refractivity contribution < 1.29 is 14.3 Å². The molecule has 0 spiro atoms. The van der Waals surface area contributed by atoms with Crippen LogP contribution in [0.15, 0.2) is 17.1 Å². The summed E-state index contributed by atoms with van der Waals surface area (Å²) in [6, 6.07) is 0. The highest BCUT2D eigenvalue weighted by molar-refractivity contribution is 6.03. The van der Waals surface area contributed by atoms with E-state index in [1.165, 1.54) is 12.2 Å². The number of carbonyl (C=O) groups excluding carboxylic acids is 1. The molecule has 0 aromatic heterocycles. The smallest absolute Gasteiger partial charge is 0.330 e. The molecule has 1 aliphatic heterocycles. The minimum atomic E-state index is -0.421. The lowest BCUT2D eigenvalue weighted by atomic mass is 10.2. The fourth-order valence-electron chi connectivity index (χ4n) is 1.54. The van der Waals surface area contributed by atoms with Crippen LogP contribution >= 0.6 is 0 Å². The minimum absolute atomic E-state index is 0.0550. The Labute approximate surface area is 107 Å². The second-order valence-electron chi connectivity index (χ2n) is 3.97. The highest BCUT2D eigenvalue weighted by Gasteiger charge is 2.10. The average Bonchev–Trinajstić information content (AvgIpc) is 2.38. The second-order valence-corrected chi connectivity index (χ2v) is 3.97. The largest absolute Gasteiger partial charge is 0.463 e. The Hall–Kier alpha value is -1.49. The Kier molecular flexibility index (Phi) is 6.94. The van der Waals surface area contributed by atoms with Crippen molar-refractivity contribution in [3.8, 4) is 0 Å². The molecule has 1 saturated heterocycles. The van der Waals surface area contributed by atoms with Crippen LogP contribution in [0.2, 0.25) is 0 Å². The van der Waals surface area contributed by atoms with Gasteiger partial charge in [-0.05, 0) is 32.3 Å². The Bertz CT molecular complexity index is 331. The molecule has 5 heteroatoms. The van der Waals surface area contributed by atoms with Crippen molar-refractivity contribution in [3.63, 3.8) is 0 Å². The number of carbonyl (C=O) groups is 1. The third kappa shape index (κ3) is 6.30. The van der Waals surface area contributed by atoms with E-state index in [1.54, 1.807) is 13.1 Å². The van der Waals surface area contributed by atoms with Crippen molar-refractivity contribution in [3.05, 3.63) is 12.2 Å². The van der Waals surface area contributed by atoms with E-state index in [9.17, 15) is 4.79 Å². The highest BCUT2D eigenvalue weighted by atomic mass is 16.5. The van der Waals surface area contributed by atoms with Gasteiger partial charge in [0.2, 0.25) is 0 Å². The molecule has 18 heavy (non-hydrogen) atoms. The molecule has 1 heterocycles. The number of allylic oxidation sites excluding steroid dienone is 1. The number of ether oxygens (including phenoxy) is 2. The van der Waals surface area contributed by atoms with Crippen molar-refractivity contribution in [2.75, 3.05) is 13.2 Å². The van der Waals surface area contributed by atoms with Gasteiger partial charge in [0.25, 0.3) is 0 Å². The van der Waals surface area contributed by atoms with Crippen LogP contribution in [0.5, 0.6) is 0 Å². The number of hydrogen-bond donors (Lipinski definition) is 1. The number of esters is 1. The first-order valence-electron chi connectivity index (χ1n) is 6.28. The summed E-state index contributed by atoms with van der Waals surface area (Å²) in [5.74, 6) is -0.421. The Morgan fingerprint density at radius 2 is 2.33 bits per heavy atom. The number of hydrogen-bond acceptors (Lipinski definition) is 5. The molecule has 1 aliphatic rings. The zero-order valence-electron chi connectivity index (χ0n) is 10.7. The summed E-state index contributed by atoms with van der Waals surface area (Å²) < 4.78 is 10.1. The quantitative estimate of drug-likeness (QED) is 0.447. The van der Waals surface area contributed by atoms with Gasteiger partial charge in [-0.2, -0.15) is 0 Å². The zero-order valence-corrected chi connectivity index (χ0v) is 10.7. The van der Waals surface area contributed by atoms with Crippen LogP contribution in [0.25, 0.3) is 0 Å². The lowest BCUT2D eigenvalue weighted by Crippen LogP contribution is -2.16. The standard InChI is InChI=1S/C13H20N2O3/c1-2-17-13(16)7-6-11(14)8-9-15-12-5-3-4-10-18-12/h6-7,9,12,14H,2-5,8,10H2,1H3/b7-6+,14-11?,15-9?. The molecule has 100 valence electrons. The summed E-state index contributed by atoms with van der Waals surface area (Å²) in [6.45, 7) is 2.85. The maximum absolute atomic E-state index is 11.0. The van der Waals surface area contributed by atoms with Crippen LogP contribution in [0, 0.1) is 5.41 Å². The Balaban J connectivity index is 2.23. The average molecular weight is 252 g/mol. The number of nitrogens with one attached hydrogen (secondary N) is 1. The highest BCUT2D eigenvalue weighted by Crippen LogP contribution is 2.12. The second kappa shape index (κ2) is 8.58. The summed E-state index contributed by atoms with van der Waals surface area (Å²) in [6.07, 6.45) is 7.90. The Morgan fingerprint density at radius 1 is 1.50 bits per heavy atom. The fraction of sp³-hybridized carbons (Fsp3) is 0.615. The summed E-state index contributed by atoms with van der Waals surface area (Å²) >= 11 is 0. The van der Waals surface area contributed by atoms with Crippen LogP contribution in [-0.2, 0) is 14.3 Å². The van der Waals surface area contributed by atoms with Crippen molar-refractivity contribution >= 4 is 17.9 Å². The van der Waals surface area contributed by atoms with Gasteiger partial charge in [-0.25, -0.2) is 4.79 Å². The van der Waals surface area contributed by atoms with Gasteiger partial charge in [-0.1, -0.05) is 0 Å². The molecule has 1 fully saturated rings. The molecule has 0 saturated carbocycles. The molecule has 0 aromatic carbocycles. The molecule has 0 amide bonds. The summed E-state index contributed by atoms with van der Waals surface area (Å²) in [4.78, 5) is 15.3. The first-order chi connectivity index (χ1) is 8.72. The zero-order chi connectivity index (χ0) is 13.2. The van der Waals surface area contributed by atoms with E-state index in [0.717, 1.165) is 25.9 Å². The van der Waals surface area contributed by atoms with Gasteiger partial charge in [0.05, 0.1) is 6.61 Å². The molecule has 5 nitrogen and oxygen atoms in total. The van der Waals surface area contributed by atoms with Crippen LogP contribution in [0.4, 0.5) is 0 Å². The van der Waals surface area contributed by atoms with E-state index in [-0.39, 0.29) is 6.23 Å². The Morgan fingerprint density at radius 3 is 3.00 bits per heavy atom. The molecule has 1 atom stereocenters. The molecule has 0 radical (unpaired) electrons. The van der Waals surface area contributed by atoms with Crippen LogP contribution in [0.1, 0.15) is 32.6 Å². The molecule has 1 rings (SSSR count). The third-order valence-corrected chi connectivity index (χ3v) is 2.45. The van der Waals surface area contributed by atoms with Gasteiger partial charge in [-0.3, -0.25) is 4.99 Å². The van der Waals surface area contributed by atoms with E-state index in [0.29, 0.717) is 18.7 Å². The first-order valence-corrected chi connectivity index (χ1v) is 6.28. The van der Waals surface area contributed by atoms with Gasteiger partial charge in [0.1, 0.15) is 6.23 Å². The van der Waals surface area contributed by atoms with E-state index >= 15 is 0 Å². The SMILES string of the molecule is CCOC(=O)/C=C/C(=N)CC=NC1CCCCO1. The normalized spacial score (nSPS) is 20.4. The maximum atomic E-state index is 11.0. The minimum Gasteiger partial charge on any atom is -0.463 e. The maximum Gasteiger partial charge on any atom is 0.330 e. The van der Waals surface area contributed by atoms with E-state index in [1.807, 2.05) is 0 Å². The predicted molar refractivity (Wildman–Crippen MR) is 70.2 cm³/mol. The van der Waals surface area contributed by atoms with Gasteiger partial charge in [0, 0.05) is 31.0 Å². The molecule has 1 unspecified atom stereocenters. The molecular weight excluding hydrogens is 232 g/mol. The molecule has 0 bridgehead atoms. The van der Waals surface area contributed by atoms with Crippen LogP contribution < -0.4 is 0 Å². The lowest BCUT2D eigenvalue weighted by Gasteiger charge is -2.18. The van der Waals surface area contributed by atoms with E-state index in [4.69, 9.17) is 14.9 Å². The third-order valence-electron chi connectivity index (χ3n) is 2.45. The van der Waals surface area contributed by atoms with Crippen molar-refractivity contribution in [1.82, 2.24) is 0 Å². The molecule has 1 N–H and O–H groups in total. The summed E-state index contributed by atoms with van der Waals surface area (Å²) in [5, 5.41) is 7.60. The van der Waals surface area contributed by atoms with Gasteiger partial charge in [0.15, 0.2) is 0 Å². The predicted octanol–water partition coefficient (Wildman–Crippen LogP) is 2.11. The molecule has 0 aliphatic carbocycles. The lowest BCUT2D eigenvalue weighted by molar-refractivity contribution is -0.137. The summed E-state index contributed by atoms with van der Waals surface area (Å²) in [5.41, 5.74) is 0.322. The van der Waals surface area contributed by atoms with Gasteiger partial charge >= 0.3 is 5.97 Å². The number of rotatable bonds is 6. The first kappa shape index (κ1) is 14.6. The summed E-state index contributed by atoms with van der Waals surface area (Å²) in [7, 11) is 0. The van der Waals surface area contributed by atoms with Gasteiger partial charge in [-0.15, -0.1) is 0 Å². The van der Waals surface area contributed by atoms with Crippen LogP contribution in [0.3, 0.4) is 0 Å². The molecular formula is C13H20N2O3. The van der Waals surface area contributed by atoms with Crippen molar-refractivity contribution in [2.24, 2.45) is 4.99 Å². The number of nitrogens with zero attached hydrogens (tertiary/aromatic N) is 1. The van der Waals surface area contributed by atoms with E-state index < -0.39 is 5.97 Å². The monoisotopic (exact) mass is 252 g/mol. The van der Waals surface area contributed by atoms with E-state index in [2.05, 4.69) is 4.99 Å². The van der Waals surface area contributed by atoms with Crippen molar-refractivity contribution in [2.45, 2.75) is 38.8 Å². The molecule has 0 aromatic rings. The van der Waals surface area contributed by atoms with Gasteiger partial charge < -0.3 is 14.9 Å². The fourth-order valence-corrected chi connectivity index (χ4v) is 1.54. The topological polar surface area (TPSA) is 71.7 Å².